The topological polar surface area (TPSA) is 62.1 Å². The van der Waals surface area contributed by atoms with Gasteiger partial charge in [-0.1, -0.05) is 34.1 Å². The molecule has 3 aromatic carbocycles. The summed E-state index contributed by atoms with van der Waals surface area (Å²) in [6.07, 6.45) is 1.99. The SMILES string of the molecule is CCOc1cc(/C=C(\C#N)C(=O)Nc2ccc(C)c(C)c2)cc(Br)c1Cc1cccc(F)c1. The molecule has 0 unspecified atom stereocenters. The van der Waals surface area contributed by atoms with Crippen LogP contribution >= 0.6 is 15.9 Å². The Kier molecular flexibility index (Phi) is 8.02. The van der Waals surface area contributed by atoms with E-state index in [0.717, 1.165) is 26.7 Å². The second-order valence-electron chi connectivity index (χ2n) is 7.64. The molecule has 4 nitrogen and oxygen atoms in total. The number of carbonyl (C=O) groups is 1. The van der Waals surface area contributed by atoms with E-state index in [1.54, 1.807) is 18.2 Å². The van der Waals surface area contributed by atoms with Crippen LogP contribution in [0.3, 0.4) is 0 Å². The van der Waals surface area contributed by atoms with Crippen molar-refractivity contribution in [2.24, 2.45) is 0 Å². The number of carbonyl (C=O) groups excluding carboxylic acids is 1. The van der Waals surface area contributed by atoms with Gasteiger partial charge in [-0.25, -0.2) is 4.39 Å². The van der Waals surface area contributed by atoms with Crippen molar-refractivity contribution < 1.29 is 13.9 Å². The molecule has 168 valence electrons. The molecular formula is C27H24BrFN2O2. The fourth-order valence-electron chi connectivity index (χ4n) is 3.35. The van der Waals surface area contributed by atoms with Crippen LogP contribution in [0.15, 0.2) is 64.6 Å². The standard InChI is InChI=1S/C27H24BrFN2O2/c1-4-33-26-15-20(14-25(28)24(26)13-19-6-5-7-22(29)12-19)11-21(16-30)27(32)31-23-9-8-17(2)18(3)10-23/h5-12,14-15H,4,13H2,1-3H3,(H,31,32)/b21-11+. The molecule has 0 aliphatic rings. The zero-order valence-electron chi connectivity index (χ0n) is 18.7. The average Bonchev–Trinajstić information content (AvgIpc) is 2.77. The first-order valence-corrected chi connectivity index (χ1v) is 11.3. The fourth-order valence-corrected chi connectivity index (χ4v) is 3.95. The smallest absolute Gasteiger partial charge is 0.266 e. The maximum atomic E-state index is 13.6. The number of rotatable bonds is 7. The van der Waals surface area contributed by atoms with Gasteiger partial charge < -0.3 is 10.1 Å². The molecule has 1 N–H and O–H groups in total. The number of anilines is 1. The van der Waals surface area contributed by atoms with Crippen molar-refractivity contribution in [1.29, 1.82) is 5.26 Å². The van der Waals surface area contributed by atoms with Gasteiger partial charge in [0, 0.05) is 22.1 Å². The van der Waals surface area contributed by atoms with Crippen molar-refractivity contribution in [2.75, 3.05) is 11.9 Å². The average molecular weight is 507 g/mol. The molecular weight excluding hydrogens is 483 g/mol. The number of hydrogen-bond donors (Lipinski definition) is 1. The van der Waals surface area contributed by atoms with Gasteiger partial charge in [0.25, 0.3) is 5.91 Å². The van der Waals surface area contributed by atoms with Crippen LogP contribution in [0.5, 0.6) is 5.75 Å². The van der Waals surface area contributed by atoms with Crippen LogP contribution in [0.4, 0.5) is 10.1 Å². The largest absolute Gasteiger partial charge is 0.494 e. The highest BCUT2D eigenvalue weighted by molar-refractivity contribution is 9.10. The fraction of sp³-hybridized carbons (Fsp3) is 0.185. The minimum absolute atomic E-state index is 0.0274. The highest BCUT2D eigenvalue weighted by Gasteiger charge is 2.14. The second kappa shape index (κ2) is 10.9. The van der Waals surface area contributed by atoms with Gasteiger partial charge in [0.2, 0.25) is 0 Å². The van der Waals surface area contributed by atoms with Gasteiger partial charge in [-0.15, -0.1) is 0 Å². The van der Waals surface area contributed by atoms with Crippen LogP contribution in [-0.2, 0) is 11.2 Å². The molecule has 0 heterocycles. The molecule has 3 rings (SSSR count). The van der Waals surface area contributed by atoms with Crippen molar-refractivity contribution in [1.82, 2.24) is 0 Å². The van der Waals surface area contributed by atoms with Gasteiger partial charge in [-0.05, 0) is 85.5 Å². The van der Waals surface area contributed by atoms with Crippen LogP contribution in [0.25, 0.3) is 6.08 Å². The van der Waals surface area contributed by atoms with Gasteiger partial charge in [-0.3, -0.25) is 4.79 Å². The normalized spacial score (nSPS) is 11.1. The number of nitrogens with one attached hydrogen (secondary N) is 1. The Morgan fingerprint density at radius 1 is 1.15 bits per heavy atom. The Labute approximate surface area is 201 Å². The van der Waals surface area contributed by atoms with Crippen molar-refractivity contribution in [3.63, 3.8) is 0 Å². The molecule has 6 heteroatoms. The summed E-state index contributed by atoms with van der Waals surface area (Å²) in [5, 5.41) is 12.4. The van der Waals surface area contributed by atoms with E-state index in [1.165, 1.54) is 18.2 Å². The minimum Gasteiger partial charge on any atom is -0.494 e. The van der Waals surface area contributed by atoms with Gasteiger partial charge in [-0.2, -0.15) is 5.26 Å². The third-order valence-corrected chi connectivity index (χ3v) is 5.90. The number of aryl methyl sites for hydroxylation is 2. The van der Waals surface area contributed by atoms with E-state index in [4.69, 9.17) is 4.74 Å². The number of nitriles is 1. The number of hydrogen-bond acceptors (Lipinski definition) is 3. The van der Waals surface area contributed by atoms with Crippen LogP contribution in [0.1, 0.15) is 34.7 Å². The third-order valence-electron chi connectivity index (χ3n) is 5.19. The third kappa shape index (κ3) is 6.30. The molecule has 0 aliphatic heterocycles. The highest BCUT2D eigenvalue weighted by atomic mass is 79.9. The summed E-state index contributed by atoms with van der Waals surface area (Å²) in [4.78, 5) is 12.7. The lowest BCUT2D eigenvalue weighted by molar-refractivity contribution is -0.112. The lowest BCUT2D eigenvalue weighted by Crippen LogP contribution is -2.13. The number of halogens is 2. The van der Waals surface area contributed by atoms with Crippen LogP contribution in [0, 0.1) is 31.0 Å². The number of nitrogens with zero attached hydrogens (tertiary/aromatic N) is 1. The second-order valence-corrected chi connectivity index (χ2v) is 8.50. The summed E-state index contributed by atoms with van der Waals surface area (Å²) in [5.74, 6) is -0.178. The molecule has 0 spiro atoms. The summed E-state index contributed by atoms with van der Waals surface area (Å²) in [7, 11) is 0. The summed E-state index contributed by atoms with van der Waals surface area (Å²) >= 11 is 3.57. The van der Waals surface area contributed by atoms with Crippen LogP contribution in [-0.4, -0.2) is 12.5 Å². The first-order valence-electron chi connectivity index (χ1n) is 10.5. The molecule has 0 fully saturated rings. The van der Waals surface area contributed by atoms with E-state index in [9.17, 15) is 14.4 Å². The zero-order chi connectivity index (χ0) is 24.0. The molecule has 0 radical (unpaired) electrons. The van der Waals surface area contributed by atoms with E-state index < -0.39 is 5.91 Å². The Hall–Kier alpha value is -3.43. The summed E-state index contributed by atoms with van der Waals surface area (Å²) in [6.45, 7) is 6.27. The molecule has 0 aromatic heterocycles. The van der Waals surface area contributed by atoms with E-state index in [0.29, 0.717) is 30.0 Å². The maximum absolute atomic E-state index is 13.6. The van der Waals surface area contributed by atoms with Crippen LogP contribution < -0.4 is 10.1 Å². The molecule has 0 aliphatic carbocycles. The first-order chi connectivity index (χ1) is 15.8. The Morgan fingerprint density at radius 2 is 1.94 bits per heavy atom. The predicted molar refractivity (Wildman–Crippen MR) is 133 cm³/mol. The molecule has 1 amide bonds. The highest BCUT2D eigenvalue weighted by Crippen LogP contribution is 2.32. The maximum Gasteiger partial charge on any atom is 0.266 e. The first kappa shape index (κ1) is 24.2. The van der Waals surface area contributed by atoms with E-state index in [-0.39, 0.29) is 11.4 Å². The Bertz CT molecular complexity index is 1260. The lowest BCUT2D eigenvalue weighted by atomic mass is 10.0. The quantitative estimate of drug-likeness (QED) is 0.285. The minimum atomic E-state index is -0.487. The van der Waals surface area contributed by atoms with E-state index in [1.807, 2.05) is 51.1 Å². The Balaban J connectivity index is 1.91. The number of ether oxygens (including phenoxy) is 1. The van der Waals surface area contributed by atoms with Gasteiger partial charge >= 0.3 is 0 Å². The molecule has 0 saturated carbocycles. The molecule has 0 bridgehead atoms. The lowest BCUT2D eigenvalue weighted by Gasteiger charge is -2.14. The molecule has 0 atom stereocenters. The summed E-state index contributed by atoms with van der Waals surface area (Å²) < 4.78 is 20.2. The van der Waals surface area contributed by atoms with Gasteiger partial charge in [0.05, 0.1) is 6.61 Å². The van der Waals surface area contributed by atoms with E-state index in [2.05, 4.69) is 21.2 Å². The van der Waals surface area contributed by atoms with Crippen molar-refractivity contribution in [3.05, 3.63) is 98.3 Å². The van der Waals surface area contributed by atoms with Crippen molar-refractivity contribution in [3.8, 4) is 11.8 Å². The molecule has 3 aromatic rings. The Morgan fingerprint density at radius 3 is 2.61 bits per heavy atom. The monoisotopic (exact) mass is 506 g/mol. The molecule has 33 heavy (non-hydrogen) atoms. The van der Waals surface area contributed by atoms with E-state index >= 15 is 0 Å². The summed E-state index contributed by atoms with van der Waals surface area (Å²) in [5.41, 5.74) is 5.08. The van der Waals surface area contributed by atoms with Gasteiger partial charge in [0.1, 0.15) is 23.2 Å². The van der Waals surface area contributed by atoms with Crippen molar-refractivity contribution in [2.45, 2.75) is 27.2 Å². The van der Waals surface area contributed by atoms with Crippen LogP contribution in [0.2, 0.25) is 0 Å². The van der Waals surface area contributed by atoms with Crippen molar-refractivity contribution >= 4 is 33.6 Å². The number of amides is 1. The van der Waals surface area contributed by atoms with Gasteiger partial charge in [0.15, 0.2) is 0 Å². The number of benzene rings is 3. The zero-order valence-corrected chi connectivity index (χ0v) is 20.3. The summed E-state index contributed by atoms with van der Waals surface area (Å²) in [6, 6.07) is 17.6. The molecule has 0 saturated heterocycles. The predicted octanol–water partition coefficient (Wildman–Crippen LogP) is 6.74.